The van der Waals surface area contributed by atoms with E-state index < -0.39 is 5.97 Å². The summed E-state index contributed by atoms with van der Waals surface area (Å²) in [5, 5.41) is 11.4. The van der Waals surface area contributed by atoms with E-state index in [1.165, 1.54) is 0 Å². The Morgan fingerprint density at radius 1 is 1.67 bits per heavy atom. The molecule has 1 unspecified atom stereocenters. The van der Waals surface area contributed by atoms with Crippen LogP contribution in [-0.2, 0) is 24.7 Å². The minimum atomic E-state index is -0.782. The molecule has 1 aliphatic rings. The fourth-order valence-electron chi connectivity index (χ4n) is 2.30. The maximum Gasteiger partial charge on any atom is 0.303 e. The highest BCUT2D eigenvalue weighted by atomic mass is 16.4. The predicted octanol–water partition coefficient (Wildman–Crippen LogP) is 0.293. The second-order valence-corrected chi connectivity index (χ2v) is 4.13. The SMILES string of the molecule is Cn1[nH]c(=O)c2c1CCC(CC(=O)O)C2. The molecule has 0 amide bonds. The highest BCUT2D eigenvalue weighted by Gasteiger charge is 2.25. The second kappa shape index (κ2) is 3.56. The lowest BCUT2D eigenvalue weighted by Crippen LogP contribution is -2.21. The van der Waals surface area contributed by atoms with Gasteiger partial charge in [0.15, 0.2) is 0 Å². The molecular weight excluding hydrogens is 196 g/mol. The Morgan fingerprint density at radius 3 is 3.07 bits per heavy atom. The lowest BCUT2D eigenvalue weighted by molar-refractivity contribution is -0.138. The molecule has 0 aliphatic heterocycles. The molecule has 0 bridgehead atoms. The molecule has 1 aromatic heterocycles. The molecule has 0 fully saturated rings. The number of carboxylic acid groups (broad SMARTS) is 1. The molecule has 5 nitrogen and oxygen atoms in total. The number of carboxylic acids is 1. The van der Waals surface area contributed by atoms with E-state index in [1.54, 1.807) is 4.68 Å². The number of aromatic nitrogens is 2. The molecule has 2 N–H and O–H groups in total. The molecule has 1 aromatic rings. The van der Waals surface area contributed by atoms with Gasteiger partial charge in [-0.3, -0.25) is 19.4 Å². The molecule has 82 valence electrons. The number of fused-ring (bicyclic) bond motifs is 1. The Bertz CT molecular complexity index is 444. The summed E-state index contributed by atoms with van der Waals surface area (Å²) < 4.78 is 1.74. The average molecular weight is 210 g/mol. The molecule has 0 radical (unpaired) electrons. The van der Waals surface area contributed by atoms with E-state index in [0.29, 0.717) is 6.42 Å². The summed E-state index contributed by atoms with van der Waals surface area (Å²) in [5.41, 5.74) is 1.74. The number of H-pyrrole nitrogens is 1. The molecule has 0 saturated heterocycles. The number of hydrogen-bond donors (Lipinski definition) is 2. The van der Waals surface area contributed by atoms with Crippen molar-refractivity contribution >= 4 is 5.97 Å². The van der Waals surface area contributed by atoms with Crippen LogP contribution >= 0.6 is 0 Å². The molecule has 0 saturated carbocycles. The molecule has 1 aliphatic carbocycles. The van der Waals surface area contributed by atoms with Gasteiger partial charge in [-0.2, -0.15) is 0 Å². The van der Waals surface area contributed by atoms with Gasteiger partial charge in [0.05, 0.1) is 0 Å². The largest absolute Gasteiger partial charge is 0.481 e. The zero-order valence-corrected chi connectivity index (χ0v) is 8.62. The molecule has 1 atom stereocenters. The highest BCUT2D eigenvalue weighted by molar-refractivity contribution is 5.67. The van der Waals surface area contributed by atoms with Crippen LogP contribution in [0.15, 0.2) is 4.79 Å². The second-order valence-electron chi connectivity index (χ2n) is 4.13. The molecule has 2 rings (SSSR count). The third-order valence-corrected chi connectivity index (χ3v) is 3.04. The smallest absolute Gasteiger partial charge is 0.303 e. The molecule has 5 heteroatoms. The van der Waals surface area contributed by atoms with Crippen molar-refractivity contribution in [3.63, 3.8) is 0 Å². The highest BCUT2D eigenvalue weighted by Crippen LogP contribution is 2.24. The van der Waals surface area contributed by atoms with Crippen molar-refractivity contribution in [2.24, 2.45) is 13.0 Å². The summed E-state index contributed by atoms with van der Waals surface area (Å²) in [6, 6.07) is 0. The van der Waals surface area contributed by atoms with E-state index in [1.807, 2.05) is 7.05 Å². The number of hydrogen-bond acceptors (Lipinski definition) is 2. The van der Waals surface area contributed by atoms with E-state index in [9.17, 15) is 9.59 Å². The third-order valence-electron chi connectivity index (χ3n) is 3.04. The van der Waals surface area contributed by atoms with Crippen molar-refractivity contribution in [3.05, 3.63) is 21.6 Å². The van der Waals surface area contributed by atoms with Crippen LogP contribution < -0.4 is 5.56 Å². The molecule has 15 heavy (non-hydrogen) atoms. The van der Waals surface area contributed by atoms with Crippen LogP contribution in [0.1, 0.15) is 24.1 Å². The molecule has 1 heterocycles. The first-order valence-corrected chi connectivity index (χ1v) is 5.06. The minimum absolute atomic E-state index is 0.0670. The van der Waals surface area contributed by atoms with E-state index >= 15 is 0 Å². The van der Waals surface area contributed by atoms with Crippen molar-refractivity contribution in [3.8, 4) is 0 Å². The zero-order valence-electron chi connectivity index (χ0n) is 8.62. The summed E-state index contributed by atoms with van der Waals surface area (Å²) in [4.78, 5) is 22.1. The van der Waals surface area contributed by atoms with Crippen molar-refractivity contribution in [2.75, 3.05) is 0 Å². The number of carbonyl (C=O) groups is 1. The summed E-state index contributed by atoms with van der Waals surface area (Å²) in [7, 11) is 1.82. The summed E-state index contributed by atoms with van der Waals surface area (Å²) in [6.45, 7) is 0. The van der Waals surface area contributed by atoms with Gasteiger partial charge in [0.25, 0.3) is 5.56 Å². The van der Waals surface area contributed by atoms with Crippen LogP contribution in [0.4, 0.5) is 0 Å². The Kier molecular flexibility index (Phi) is 2.38. The van der Waals surface area contributed by atoms with Crippen molar-refractivity contribution in [1.29, 1.82) is 0 Å². The van der Waals surface area contributed by atoms with Crippen LogP contribution in [-0.4, -0.2) is 20.9 Å². The predicted molar refractivity (Wildman–Crippen MR) is 53.8 cm³/mol. The minimum Gasteiger partial charge on any atom is -0.481 e. The number of nitrogens with one attached hydrogen (secondary N) is 1. The van der Waals surface area contributed by atoms with Crippen LogP contribution in [0.2, 0.25) is 0 Å². The first-order valence-electron chi connectivity index (χ1n) is 5.06. The number of rotatable bonds is 2. The standard InChI is InChI=1S/C10H14N2O3/c1-12-8-3-2-6(5-9(13)14)4-7(8)10(15)11-12/h6H,2-5H2,1H3,(H,11,15)(H,13,14). The van der Waals surface area contributed by atoms with Gasteiger partial charge in [0, 0.05) is 24.7 Å². The monoisotopic (exact) mass is 210 g/mol. The first-order chi connectivity index (χ1) is 7.08. The topological polar surface area (TPSA) is 75.1 Å². The fraction of sp³-hybridized carbons (Fsp3) is 0.600. The van der Waals surface area contributed by atoms with E-state index in [2.05, 4.69) is 5.10 Å². The molecule has 0 aromatic carbocycles. The van der Waals surface area contributed by atoms with Crippen LogP contribution in [0.3, 0.4) is 0 Å². The Balaban J connectivity index is 2.23. The number of aliphatic carboxylic acids is 1. The van der Waals surface area contributed by atoms with Gasteiger partial charge in [-0.15, -0.1) is 0 Å². The number of aromatic amines is 1. The Hall–Kier alpha value is -1.52. The van der Waals surface area contributed by atoms with Gasteiger partial charge in [0.2, 0.25) is 0 Å². The van der Waals surface area contributed by atoms with Gasteiger partial charge < -0.3 is 5.11 Å². The van der Waals surface area contributed by atoms with Crippen LogP contribution in [0.25, 0.3) is 0 Å². The van der Waals surface area contributed by atoms with Gasteiger partial charge in [0.1, 0.15) is 0 Å². The molecular formula is C10H14N2O3. The van der Waals surface area contributed by atoms with Crippen molar-refractivity contribution < 1.29 is 9.90 Å². The normalized spacial score (nSPS) is 19.9. The van der Waals surface area contributed by atoms with Crippen molar-refractivity contribution in [1.82, 2.24) is 9.78 Å². The fourth-order valence-corrected chi connectivity index (χ4v) is 2.30. The molecule has 0 spiro atoms. The van der Waals surface area contributed by atoms with E-state index in [-0.39, 0.29) is 17.9 Å². The third kappa shape index (κ3) is 1.82. The number of nitrogens with zero attached hydrogens (tertiary/aromatic N) is 1. The lowest BCUT2D eigenvalue weighted by Gasteiger charge is -2.20. The maximum atomic E-state index is 11.5. The van der Waals surface area contributed by atoms with Crippen LogP contribution in [0.5, 0.6) is 0 Å². The number of aryl methyl sites for hydroxylation is 1. The van der Waals surface area contributed by atoms with Gasteiger partial charge in [-0.25, -0.2) is 0 Å². The van der Waals surface area contributed by atoms with Gasteiger partial charge >= 0.3 is 5.97 Å². The Morgan fingerprint density at radius 2 is 2.40 bits per heavy atom. The van der Waals surface area contributed by atoms with Crippen LogP contribution in [0, 0.1) is 5.92 Å². The average Bonchev–Trinajstić information content (AvgIpc) is 2.41. The zero-order chi connectivity index (χ0) is 11.0. The summed E-state index contributed by atoms with van der Waals surface area (Å²) in [5.74, 6) is -0.672. The Labute approximate surface area is 86.7 Å². The first kappa shape index (κ1) is 10.0. The maximum absolute atomic E-state index is 11.5. The quantitative estimate of drug-likeness (QED) is 0.736. The van der Waals surface area contributed by atoms with E-state index in [0.717, 1.165) is 24.1 Å². The van der Waals surface area contributed by atoms with Gasteiger partial charge in [-0.1, -0.05) is 0 Å². The van der Waals surface area contributed by atoms with Crippen molar-refractivity contribution in [2.45, 2.75) is 25.7 Å². The van der Waals surface area contributed by atoms with E-state index in [4.69, 9.17) is 5.11 Å². The lowest BCUT2D eigenvalue weighted by atomic mass is 9.85. The summed E-state index contributed by atoms with van der Waals surface area (Å²) in [6.07, 6.45) is 2.40. The summed E-state index contributed by atoms with van der Waals surface area (Å²) >= 11 is 0. The van der Waals surface area contributed by atoms with Gasteiger partial charge in [-0.05, 0) is 25.2 Å².